The van der Waals surface area contributed by atoms with Crippen LogP contribution < -0.4 is 4.52 Å². The third-order valence-electron chi connectivity index (χ3n) is 3.99. The first kappa shape index (κ1) is 18.0. The molecule has 1 heterocycles. The van der Waals surface area contributed by atoms with Crippen molar-refractivity contribution < 1.29 is 18.6 Å². The first-order valence-electron chi connectivity index (χ1n) is 8.08. The van der Waals surface area contributed by atoms with Crippen molar-refractivity contribution in [2.24, 2.45) is 0 Å². The van der Waals surface area contributed by atoms with E-state index in [4.69, 9.17) is 20.5 Å². The average molecular weight is 380 g/mol. The lowest BCUT2D eigenvalue weighted by Crippen LogP contribution is -2.35. The molecule has 2 aromatic carbocycles. The lowest BCUT2D eigenvalue weighted by atomic mass is 10.2. The molecule has 1 aliphatic rings. The summed E-state index contributed by atoms with van der Waals surface area (Å²) >= 11 is 6.18. The highest BCUT2D eigenvalue weighted by atomic mass is 35.7. The zero-order valence-electron chi connectivity index (χ0n) is 13.6. The van der Waals surface area contributed by atoms with E-state index in [0.717, 1.165) is 5.56 Å². The van der Waals surface area contributed by atoms with E-state index in [2.05, 4.69) is 0 Å². The van der Waals surface area contributed by atoms with Crippen LogP contribution in [0.15, 0.2) is 60.7 Å². The molecule has 0 amide bonds. The second-order valence-corrected chi connectivity index (χ2v) is 8.65. The number of nitrogens with zero attached hydrogens (tertiary/aromatic N) is 1. The van der Waals surface area contributed by atoms with Crippen molar-refractivity contribution >= 4 is 24.1 Å². The van der Waals surface area contributed by atoms with E-state index in [1.807, 2.05) is 36.4 Å². The smallest absolute Gasteiger partial charge is 0.412 e. The van der Waals surface area contributed by atoms with Crippen LogP contribution >= 0.6 is 18.1 Å². The molecular weight excluding hydrogens is 361 g/mol. The Morgan fingerprint density at radius 3 is 2.44 bits per heavy atom. The van der Waals surface area contributed by atoms with Gasteiger partial charge in [0.25, 0.3) is 0 Å². The molecule has 3 rings (SSSR count). The van der Waals surface area contributed by atoms with Gasteiger partial charge in [0.15, 0.2) is 0 Å². The van der Waals surface area contributed by atoms with Crippen molar-refractivity contribution in [2.45, 2.75) is 25.5 Å². The maximum atomic E-state index is 12.8. The van der Waals surface area contributed by atoms with Gasteiger partial charge < -0.3 is 9.26 Å². The Bertz CT molecular complexity index is 756. The molecule has 0 aromatic heterocycles. The Hall–Kier alpha value is -1.81. The second-order valence-electron chi connectivity index (χ2n) is 5.77. The summed E-state index contributed by atoms with van der Waals surface area (Å²) in [5.74, 6) is -0.0250. The van der Waals surface area contributed by atoms with Crippen molar-refractivity contribution in [3.8, 4) is 5.75 Å². The molecule has 0 saturated carbocycles. The molecular formula is C18H19ClNO4P. The molecule has 0 N–H and O–H groups in total. The molecule has 0 radical (unpaired) electrons. The predicted octanol–water partition coefficient (Wildman–Crippen LogP) is 4.62. The number of hydrogen-bond donors (Lipinski definition) is 0. The average Bonchev–Trinajstić information content (AvgIpc) is 3.12. The number of halogens is 1. The number of carbonyl (C=O) groups excluding carboxylic acids is 1. The van der Waals surface area contributed by atoms with Crippen LogP contribution in [0.1, 0.15) is 18.4 Å². The third kappa shape index (κ3) is 4.63. The fraction of sp³-hybridized carbons (Fsp3) is 0.278. The lowest BCUT2D eigenvalue weighted by molar-refractivity contribution is -0.148. The zero-order chi connectivity index (χ0) is 17.7. The maximum Gasteiger partial charge on any atom is 0.412 e. The Kier molecular flexibility index (Phi) is 5.79. The van der Waals surface area contributed by atoms with Gasteiger partial charge in [0.05, 0.1) is 0 Å². The van der Waals surface area contributed by atoms with Crippen LogP contribution in [-0.4, -0.2) is 23.2 Å². The maximum absolute atomic E-state index is 12.8. The summed E-state index contributed by atoms with van der Waals surface area (Å²) in [7, 11) is 0. The number of para-hydroxylation sites is 1. The molecule has 2 atom stereocenters. The highest BCUT2D eigenvalue weighted by Crippen LogP contribution is 2.58. The summed E-state index contributed by atoms with van der Waals surface area (Å²) < 4.78 is 25.1. The van der Waals surface area contributed by atoms with E-state index in [1.54, 1.807) is 24.3 Å². The number of hydrogen-bond acceptors (Lipinski definition) is 4. The highest BCUT2D eigenvalue weighted by molar-refractivity contribution is 7.83. The van der Waals surface area contributed by atoms with E-state index in [-0.39, 0.29) is 6.61 Å². The molecule has 0 aliphatic carbocycles. The summed E-state index contributed by atoms with van der Waals surface area (Å²) in [4.78, 5) is 12.4. The van der Waals surface area contributed by atoms with Crippen molar-refractivity contribution in [1.82, 2.24) is 4.67 Å². The summed E-state index contributed by atoms with van der Waals surface area (Å²) in [5.41, 5.74) is 0.898. The summed E-state index contributed by atoms with van der Waals surface area (Å²) in [5, 5.41) is 0. The van der Waals surface area contributed by atoms with Gasteiger partial charge in [0.2, 0.25) is 0 Å². The van der Waals surface area contributed by atoms with Crippen LogP contribution in [-0.2, 0) is 20.7 Å². The zero-order valence-corrected chi connectivity index (χ0v) is 15.2. The summed E-state index contributed by atoms with van der Waals surface area (Å²) in [6.45, 7) is -3.06. The Labute approximate surface area is 151 Å². The summed E-state index contributed by atoms with van der Waals surface area (Å²) in [6.07, 6.45) is 1.25. The van der Waals surface area contributed by atoms with Crippen molar-refractivity contribution in [3.63, 3.8) is 0 Å². The van der Waals surface area contributed by atoms with E-state index < -0.39 is 18.9 Å². The number of esters is 1. The van der Waals surface area contributed by atoms with Gasteiger partial charge in [-0.05, 0) is 30.5 Å². The molecule has 132 valence electrons. The van der Waals surface area contributed by atoms with E-state index in [1.165, 1.54) is 4.67 Å². The van der Waals surface area contributed by atoms with Gasteiger partial charge in [-0.3, -0.25) is 4.79 Å². The van der Waals surface area contributed by atoms with E-state index in [9.17, 15) is 9.36 Å². The minimum Gasteiger partial charge on any atom is -0.460 e. The highest BCUT2D eigenvalue weighted by Gasteiger charge is 2.44. The minimum atomic E-state index is -3.66. The molecule has 7 heteroatoms. The first-order chi connectivity index (χ1) is 12.1. The van der Waals surface area contributed by atoms with Crippen LogP contribution in [0.3, 0.4) is 0 Å². The van der Waals surface area contributed by atoms with Crippen LogP contribution in [0.25, 0.3) is 0 Å². The Morgan fingerprint density at radius 2 is 1.76 bits per heavy atom. The molecule has 5 nitrogen and oxygen atoms in total. The second kappa shape index (κ2) is 8.05. The first-order valence-corrected chi connectivity index (χ1v) is 10.6. The van der Waals surface area contributed by atoms with Gasteiger partial charge in [0.1, 0.15) is 18.4 Å². The normalized spacial score (nSPS) is 20.0. The van der Waals surface area contributed by atoms with Gasteiger partial charge in [-0.1, -0.05) is 48.5 Å². The van der Waals surface area contributed by atoms with E-state index in [0.29, 0.717) is 25.1 Å². The van der Waals surface area contributed by atoms with Crippen LogP contribution in [0, 0.1) is 0 Å². The standard InChI is InChI=1S/C18H19ClNO4P/c19-25(22,24-16-10-5-2-6-11-16)20-13-7-12-17(20)18(21)23-14-15-8-3-1-4-9-15/h1-6,8-11,17H,7,12-14H2/t17-,25?/m0/s1. The monoisotopic (exact) mass is 379 g/mol. The largest absolute Gasteiger partial charge is 0.460 e. The number of ether oxygens (including phenoxy) is 1. The van der Waals surface area contributed by atoms with Gasteiger partial charge in [-0.25, -0.2) is 4.57 Å². The fourth-order valence-corrected chi connectivity index (χ4v) is 4.96. The van der Waals surface area contributed by atoms with Gasteiger partial charge in [0, 0.05) is 17.8 Å². The molecule has 0 bridgehead atoms. The van der Waals surface area contributed by atoms with Gasteiger partial charge >= 0.3 is 12.8 Å². The molecule has 2 aromatic rings. The third-order valence-corrected chi connectivity index (χ3v) is 6.31. The lowest BCUT2D eigenvalue weighted by Gasteiger charge is -2.26. The molecule has 1 saturated heterocycles. The SMILES string of the molecule is O=C(OCc1ccccc1)[C@@H]1CCCN1P(=O)(Cl)Oc1ccccc1. The van der Waals surface area contributed by atoms with Gasteiger partial charge in [-0.2, -0.15) is 4.67 Å². The number of benzene rings is 2. The molecule has 1 fully saturated rings. The van der Waals surface area contributed by atoms with Crippen molar-refractivity contribution in [3.05, 3.63) is 66.2 Å². The minimum absolute atomic E-state index is 0.177. The molecule has 1 aliphatic heterocycles. The van der Waals surface area contributed by atoms with Crippen LogP contribution in [0.5, 0.6) is 5.75 Å². The van der Waals surface area contributed by atoms with Crippen molar-refractivity contribution in [2.75, 3.05) is 6.54 Å². The van der Waals surface area contributed by atoms with Crippen LogP contribution in [0.4, 0.5) is 0 Å². The molecule has 0 spiro atoms. The predicted molar refractivity (Wildman–Crippen MR) is 96.5 cm³/mol. The fourth-order valence-electron chi connectivity index (χ4n) is 2.77. The topological polar surface area (TPSA) is 55.8 Å². The Morgan fingerprint density at radius 1 is 1.12 bits per heavy atom. The summed E-state index contributed by atoms with van der Waals surface area (Å²) in [6, 6.07) is 17.5. The quantitative estimate of drug-likeness (QED) is 0.541. The van der Waals surface area contributed by atoms with Crippen molar-refractivity contribution in [1.29, 1.82) is 0 Å². The number of rotatable bonds is 6. The molecule has 25 heavy (non-hydrogen) atoms. The van der Waals surface area contributed by atoms with Crippen LogP contribution in [0.2, 0.25) is 0 Å². The molecule has 1 unspecified atom stereocenters. The van der Waals surface area contributed by atoms with Gasteiger partial charge in [-0.15, -0.1) is 0 Å². The Balaban J connectivity index is 1.64. The van der Waals surface area contributed by atoms with E-state index >= 15 is 0 Å². The number of carbonyl (C=O) groups is 1.